The Kier molecular flexibility index (Phi) is 5.56. The highest BCUT2D eigenvalue weighted by atomic mass is 16.5. The summed E-state index contributed by atoms with van der Waals surface area (Å²) in [5.74, 6) is 0.825. The van der Waals surface area contributed by atoms with Crippen LogP contribution in [0.15, 0.2) is 30.9 Å². The number of benzene rings is 1. The van der Waals surface area contributed by atoms with Crippen LogP contribution >= 0.6 is 0 Å². The van der Waals surface area contributed by atoms with Crippen LogP contribution in [0.3, 0.4) is 0 Å². The summed E-state index contributed by atoms with van der Waals surface area (Å²) in [6, 6.07) is 5.26. The summed E-state index contributed by atoms with van der Waals surface area (Å²) >= 11 is 0. The zero-order chi connectivity index (χ0) is 16.8. The van der Waals surface area contributed by atoms with Gasteiger partial charge in [-0.15, -0.1) is 0 Å². The summed E-state index contributed by atoms with van der Waals surface area (Å²) in [6.07, 6.45) is 3.21. The minimum atomic E-state index is -0.255. The quantitative estimate of drug-likeness (QED) is 0.858. The number of anilines is 1. The molecule has 1 heterocycles. The van der Waals surface area contributed by atoms with Crippen LogP contribution in [0, 0.1) is 6.92 Å². The van der Waals surface area contributed by atoms with Crippen LogP contribution in [0.25, 0.3) is 0 Å². The van der Waals surface area contributed by atoms with Gasteiger partial charge in [-0.1, -0.05) is 0 Å². The lowest BCUT2D eigenvalue weighted by Crippen LogP contribution is -2.38. The molecule has 0 saturated carbocycles. The van der Waals surface area contributed by atoms with Gasteiger partial charge in [-0.2, -0.15) is 5.10 Å². The summed E-state index contributed by atoms with van der Waals surface area (Å²) in [5, 5.41) is 9.70. The Labute approximate surface area is 136 Å². The number of hydrogen-bond donors (Lipinski definition) is 2. The van der Waals surface area contributed by atoms with E-state index in [1.165, 1.54) is 6.33 Å². The number of aryl methyl sites for hydroxylation is 1. The Hall–Kier alpha value is -2.57. The average molecular weight is 317 g/mol. The zero-order valence-electron chi connectivity index (χ0n) is 13.9. The SMILES string of the molecule is Cc1cc(NC(=O)NC(C)Cn2cncn2)ccc1OC(C)C. The molecule has 2 rings (SSSR count). The highest BCUT2D eigenvalue weighted by Crippen LogP contribution is 2.22. The van der Waals surface area contributed by atoms with Gasteiger partial charge in [0.05, 0.1) is 12.6 Å². The van der Waals surface area contributed by atoms with Crippen molar-refractivity contribution in [2.24, 2.45) is 0 Å². The Morgan fingerprint density at radius 1 is 1.35 bits per heavy atom. The summed E-state index contributed by atoms with van der Waals surface area (Å²) < 4.78 is 7.36. The fourth-order valence-electron chi connectivity index (χ4n) is 2.16. The van der Waals surface area contributed by atoms with E-state index in [0.29, 0.717) is 6.54 Å². The Morgan fingerprint density at radius 2 is 2.13 bits per heavy atom. The maximum absolute atomic E-state index is 12.0. The van der Waals surface area contributed by atoms with Crippen LogP contribution in [0.1, 0.15) is 26.3 Å². The van der Waals surface area contributed by atoms with Crippen molar-refractivity contribution in [3.05, 3.63) is 36.4 Å². The van der Waals surface area contributed by atoms with Crippen LogP contribution < -0.4 is 15.4 Å². The number of carbonyl (C=O) groups excluding carboxylic acids is 1. The number of hydrogen-bond acceptors (Lipinski definition) is 4. The van der Waals surface area contributed by atoms with Gasteiger partial charge in [0.25, 0.3) is 0 Å². The van der Waals surface area contributed by atoms with Crippen molar-refractivity contribution in [3.8, 4) is 5.75 Å². The molecular formula is C16H23N5O2. The van der Waals surface area contributed by atoms with Crippen LogP contribution in [0.5, 0.6) is 5.75 Å². The van der Waals surface area contributed by atoms with Gasteiger partial charge in [0.15, 0.2) is 0 Å². The molecule has 1 unspecified atom stereocenters. The van der Waals surface area contributed by atoms with Gasteiger partial charge < -0.3 is 15.4 Å². The fraction of sp³-hybridized carbons (Fsp3) is 0.438. The average Bonchev–Trinajstić information content (AvgIpc) is 2.94. The molecule has 2 N–H and O–H groups in total. The van der Waals surface area contributed by atoms with Gasteiger partial charge in [0.1, 0.15) is 18.4 Å². The normalized spacial score (nSPS) is 12.0. The molecule has 2 amide bonds. The number of amides is 2. The van der Waals surface area contributed by atoms with Gasteiger partial charge in [-0.3, -0.25) is 4.68 Å². The predicted molar refractivity (Wildman–Crippen MR) is 88.6 cm³/mol. The van der Waals surface area contributed by atoms with Crippen LogP contribution in [-0.2, 0) is 6.54 Å². The maximum Gasteiger partial charge on any atom is 0.319 e. The number of urea groups is 1. The monoisotopic (exact) mass is 317 g/mol. The lowest BCUT2D eigenvalue weighted by molar-refractivity contribution is 0.240. The zero-order valence-corrected chi connectivity index (χ0v) is 13.9. The van der Waals surface area contributed by atoms with Crippen molar-refractivity contribution < 1.29 is 9.53 Å². The summed E-state index contributed by atoms with van der Waals surface area (Å²) in [6.45, 7) is 8.39. The number of carbonyl (C=O) groups is 1. The van der Waals surface area contributed by atoms with Gasteiger partial charge >= 0.3 is 6.03 Å². The van der Waals surface area contributed by atoms with Gasteiger partial charge in [0, 0.05) is 11.7 Å². The first kappa shape index (κ1) is 16.8. The standard InChI is InChI=1S/C16H23N5O2/c1-11(2)23-15-6-5-14(7-12(15)3)20-16(22)19-13(4)8-21-10-17-9-18-21/h5-7,9-11,13H,8H2,1-4H3,(H2,19,20,22). The van der Waals surface area contributed by atoms with Crippen molar-refractivity contribution in [2.75, 3.05) is 5.32 Å². The van der Waals surface area contributed by atoms with E-state index in [2.05, 4.69) is 20.7 Å². The summed E-state index contributed by atoms with van der Waals surface area (Å²) in [5.41, 5.74) is 1.70. The Bertz CT molecular complexity index is 640. The second-order valence-electron chi connectivity index (χ2n) is 5.76. The number of nitrogens with zero attached hydrogens (tertiary/aromatic N) is 3. The number of ether oxygens (including phenoxy) is 1. The number of nitrogens with one attached hydrogen (secondary N) is 2. The molecule has 1 atom stereocenters. The Balaban J connectivity index is 1.88. The molecule has 7 heteroatoms. The van der Waals surface area contributed by atoms with E-state index in [9.17, 15) is 4.79 Å². The third-order valence-electron chi connectivity index (χ3n) is 3.10. The molecule has 1 aromatic heterocycles. The van der Waals surface area contributed by atoms with Gasteiger partial charge in [-0.05, 0) is 51.5 Å². The largest absolute Gasteiger partial charge is 0.491 e. The fourth-order valence-corrected chi connectivity index (χ4v) is 2.16. The Morgan fingerprint density at radius 3 is 2.74 bits per heavy atom. The molecule has 1 aromatic carbocycles. The van der Waals surface area contributed by atoms with Crippen molar-refractivity contribution in [1.29, 1.82) is 0 Å². The number of aromatic nitrogens is 3. The molecule has 124 valence electrons. The molecule has 0 saturated heterocycles. The van der Waals surface area contributed by atoms with E-state index in [-0.39, 0.29) is 18.2 Å². The van der Waals surface area contributed by atoms with Crippen LogP contribution in [0.2, 0.25) is 0 Å². The molecule has 0 bridgehead atoms. The molecular weight excluding hydrogens is 294 g/mol. The van der Waals surface area contributed by atoms with Crippen molar-refractivity contribution in [1.82, 2.24) is 20.1 Å². The third kappa shape index (κ3) is 5.28. The molecule has 0 aliphatic carbocycles. The number of rotatable bonds is 6. The van der Waals surface area contributed by atoms with E-state index >= 15 is 0 Å². The van der Waals surface area contributed by atoms with Crippen LogP contribution in [0.4, 0.5) is 10.5 Å². The molecule has 0 radical (unpaired) electrons. The summed E-state index contributed by atoms with van der Waals surface area (Å²) in [4.78, 5) is 15.9. The van der Waals surface area contributed by atoms with Crippen molar-refractivity contribution in [2.45, 2.75) is 46.4 Å². The molecule has 2 aromatic rings. The second kappa shape index (κ2) is 7.62. The minimum absolute atomic E-state index is 0.0682. The molecule has 0 fully saturated rings. The lowest BCUT2D eigenvalue weighted by atomic mass is 10.2. The van der Waals surface area contributed by atoms with E-state index in [1.807, 2.05) is 45.9 Å². The first-order valence-electron chi connectivity index (χ1n) is 7.61. The third-order valence-corrected chi connectivity index (χ3v) is 3.10. The van der Waals surface area contributed by atoms with Crippen LogP contribution in [-0.4, -0.2) is 32.9 Å². The van der Waals surface area contributed by atoms with E-state index in [0.717, 1.165) is 17.0 Å². The lowest BCUT2D eigenvalue weighted by Gasteiger charge is -2.16. The van der Waals surface area contributed by atoms with E-state index in [4.69, 9.17) is 4.74 Å². The first-order valence-corrected chi connectivity index (χ1v) is 7.61. The summed E-state index contributed by atoms with van der Waals surface area (Å²) in [7, 11) is 0. The maximum atomic E-state index is 12.0. The predicted octanol–water partition coefficient (Wildman–Crippen LogP) is 2.58. The van der Waals surface area contributed by atoms with Gasteiger partial charge in [-0.25, -0.2) is 9.78 Å². The van der Waals surface area contributed by atoms with E-state index < -0.39 is 0 Å². The molecule has 0 aliphatic heterocycles. The second-order valence-corrected chi connectivity index (χ2v) is 5.76. The first-order chi connectivity index (χ1) is 10.9. The molecule has 0 spiro atoms. The smallest absolute Gasteiger partial charge is 0.319 e. The molecule has 0 aliphatic rings. The highest BCUT2D eigenvalue weighted by molar-refractivity contribution is 5.89. The van der Waals surface area contributed by atoms with Crippen molar-refractivity contribution >= 4 is 11.7 Å². The topological polar surface area (TPSA) is 81.1 Å². The van der Waals surface area contributed by atoms with Gasteiger partial charge in [0.2, 0.25) is 0 Å². The molecule has 23 heavy (non-hydrogen) atoms. The minimum Gasteiger partial charge on any atom is -0.491 e. The van der Waals surface area contributed by atoms with Crippen molar-refractivity contribution in [3.63, 3.8) is 0 Å². The highest BCUT2D eigenvalue weighted by Gasteiger charge is 2.10. The van der Waals surface area contributed by atoms with E-state index in [1.54, 1.807) is 11.0 Å². The molecule has 7 nitrogen and oxygen atoms in total.